The average molecular weight is 392 g/mol. The van der Waals surface area contributed by atoms with Gasteiger partial charge in [0.2, 0.25) is 0 Å². The number of carbonyl (C=O) groups is 1. The Labute approximate surface area is 171 Å². The number of carboxylic acids is 1. The lowest BCUT2D eigenvalue weighted by molar-refractivity contribution is -0.00773. The van der Waals surface area contributed by atoms with Crippen molar-refractivity contribution in [2.75, 3.05) is 11.9 Å². The van der Waals surface area contributed by atoms with Crippen molar-refractivity contribution in [3.63, 3.8) is 0 Å². The molecule has 5 nitrogen and oxygen atoms in total. The second-order valence-corrected chi connectivity index (χ2v) is 10.0. The van der Waals surface area contributed by atoms with Gasteiger partial charge >= 0.3 is 5.97 Å². The van der Waals surface area contributed by atoms with Crippen LogP contribution in [0.1, 0.15) is 73.0 Å². The van der Waals surface area contributed by atoms with Crippen LogP contribution in [0.5, 0.6) is 0 Å². The highest BCUT2D eigenvalue weighted by molar-refractivity contribution is 5.88. The summed E-state index contributed by atoms with van der Waals surface area (Å²) in [5.41, 5.74) is 4.16. The maximum atomic E-state index is 11.5. The molecule has 1 aromatic heterocycles. The largest absolute Gasteiger partial charge is 0.478 e. The van der Waals surface area contributed by atoms with Crippen LogP contribution in [-0.4, -0.2) is 27.4 Å². The molecule has 1 aromatic carbocycles. The molecular formula is C24H29N3O2. The number of rotatable bonds is 3. The molecule has 152 valence electrons. The SMILES string of the molecule is O=C(O)c1cccc(-n2nc(C34CC5CC(CC(C5)C3)C4)c3c2NCCCC3)c1. The van der Waals surface area contributed by atoms with Crippen molar-refractivity contribution in [1.29, 1.82) is 0 Å². The molecule has 0 amide bonds. The molecule has 5 heteroatoms. The molecule has 0 atom stereocenters. The molecule has 4 fully saturated rings. The summed E-state index contributed by atoms with van der Waals surface area (Å²) in [5.74, 6) is 2.87. The quantitative estimate of drug-likeness (QED) is 0.790. The van der Waals surface area contributed by atoms with Crippen molar-refractivity contribution in [2.24, 2.45) is 17.8 Å². The molecular weight excluding hydrogens is 362 g/mol. The Morgan fingerprint density at radius 1 is 1.10 bits per heavy atom. The minimum absolute atomic E-state index is 0.251. The average Bonchev–Trinajstić information content (AvgIpc) is 2.90. The van der Waals surface area contributed by atoms with Gasteiger partial charge in [0.05, 0.1) is 16.9 Å². The summed E-state index contributed by atoms with van der Waals surface area (Å²) < 4.78 is 2.01. The topological polar surface area (TPSA) is 67.1 Å². The van der Waals surface area contributed by atoms with Crippen LogP contribution in [0.25, 0.3) is 5.69 Å². The summed E-state index contributed by atoms with van der Waals surface area (Å²) in [4.78, 5) is 11.5. The number of aromatic carboxylic acids is 1. The number of aromatic nitrogens is 2. The van der Waals surface area contributed by atoms with E-state index >= 15 is 0 Å². The van der Waals surface area contributed by atoms with Gasteiger partial charge in [-0.1, -0.05) is 6.07 Å². The van der Waals surface area contributed by atoms with E-state index in [0.29, 0.717) is 5.56 Å². The molecule has 0 unspecified atom stereocenters. The minimum atomic E-state index is -0.889. The summed E-state index contributed by atoms with van der Waals surface area (Å²) >= 11 is 0. The lowest BCUT2D eigenvalue weighted by Gasteiger charge is -2.56. The Kier molecular flexibility index (Phi) is 3.84. The Morgan fingerprint density at radius 2 is 1.83 bits per heavy atom. The lowest BCUT2D eigenvalue weighted by atomic mass is 9.48. The monoisotopic (exact) mass is 391 g/mol. The summed E-state index contributed by atoms with van der Waals surface area (Å²) in [6, 6.07) is 7.22. The van der Waals surface area contributed by atoms with Crippen LogP contribution in [0.4, 0.5) is 5.82 Å². The van der Waals surface area contributed by atoms with Crippen molar-refractivity contribution in [3.05, 3.63) is 41.1 Å². The van der Waals surface area contributed by atoms with Gasteiger partial charge in [0.15, 0.2) is 0 Å². The normalized spacial score (nSPS) is 32.5. The molecule has 2 aromatic rings. The Balaban J connectivity index is 1.50. The number of carboxylic acid groups (broad SMARTS) is 1. The summed E-state index contributed by atoms with van der Waals surface area (Å²) in [5, 5.41) is 18.4. The zero-order valence-corrected chi connectivity index (χ0v) is 16.9. The summed E-state index contributed by atoms with van der Waals surface area (Å²) in [6.07, 6.45) is 11.7. The minimum Gasteiger partial charge on any atom is -0.478 e. The van der Waals surface area contributed by atoms with Crippen LogP contribution in [0.3, 0.4) is 0 Å². The molecule has 2 N–H and O–H groups in total. The zero-order valence-electron chi connectivity index (χ0n) is 16.9. The third-order valence-electron chi connectivity index (χ3n) is 8.01. The van der Waals surface area contributed by atoms with E-state index in [9.17, 15) is 9.90 Å². The second-order valence-electron chi connectivity index (χ2n) is 10.0. The molecule has 0 saturated heterocycles. The fourth-order valence-corrected chi connectivity index (χ4v) is 7.29. The molecule has 1 aliphatic heterocycles. The number of hydrogen-bond acceptors (Lipinski definition) is 3. The van der Waals surface area contributed by atoms with E-state index < -0.39 is 5.97 Å². The molecule has 7 rings (SSSR count). The van der Waals surface area contributed by atoms with Crippen molar-refractivity contribution >= 4 is 11.8 Å². The van der Waals surface area contributed by atoms with E-state index in [1.165, 1.54) is 62.6 Å². The maximum absolute atomic E-state index is 11.5. The molecule has 0 spiro atoms. The standard InChI is InChI=1S/C24H29N3O2/c28-23(29)18-4-3-5-19(11-18)27-22-20(6-1-2-7-25-22)21(26-27)24-12-15-8-16(13-24)10-17(9-15)14-24/h3-5,11,15-17,25H,1-2,6-10,12-14H2,(H,28,29). The van der Waals surface area contributed by atoms with Gasteiger partial charge in [-0.15, -0.1) is 0 Å². The van der Waals surface area contributed by atoms with Crippen molar-refractivity contribution in [3.8, 4) is 5.69 Å². The van der Waals surface area contributed by atoms with E-state index in [2.05, 4.69) is 5.32 Å². The molecule has 2 heterocycles. The number of nitrogens with one attached hydrogen (secondary N) is 1. The van der Waals surface area contributed by atoms with Gasteiger partial charge in [0, 0.05) is 17.5 Å². The van der Waals surface area contributed by atoms with Crippen LogP contribution < -0.4 is 5.32 Å². The molecule has 0 radical (unpaired) electrons. The molecule has 4 aliphatic carbocycles. The lowest BCUT2D eigenvalue weighted by Crippen LogP contribution is -2.49. The van der Waals surface area contributed by atoms with E-state index in [0.717, 1.165) is 42.2 Å². The van der Waals surface area contributed by atoms with Gasteiger partial charge in [-0.2, -0.15) is 5.10 Å². The van der Waals surface area contributed by atoms with Gasteiger partial charge in [-0.25, -0.2) is 9.48 Å². The highest BCUT2D eigenvalue weighted by Gasteiger charge is 2.53. The fourth-order valence-electron chi connectivity index (χ4n) is 7.29. The van der Waals surface area contributed by atoms with Gasteiger partial charge in [0.1, 0.15) is 5.82 Å². The number of anilines is 1. The zero-order chi connectivity index (χ0) is 19.6. The van der Waals surface area contributed by atoms with Crippen molar-refractivity contribution in [2.45, 2.75) is 63.2 Å². The first kappa shape index (κ1) is 17.5. The molecule has 5 aliphatic rings. The van der Waals surface area contributed by atoms with Crippen molar-refractivity contribution < 1.29 is 9.90 Å². The van der Waals surface area contributed by atoms with Gasteiger partial charge in [-0.05, 0) is 93.7 Å². The summed E-state index contributed by atoms with van der Waals surface area (Å²) in [7, 11) is 0. The number of hydrogen-bond donors (Lipinski definition) is 2. The van der Waals surface area contributed by atoms with Crippen LogP contribution in [0.15, 0.2) is 24.3 Å². The smallest absolute Gasteiger partial charge is 0.335 e. The van der Waals surface area contributed by atoms with Crippen LogP contribution in [0, 0.1) is 17.8 Å². The highest BCUT2D eigenvalue weighted by Crippen LogP contribution is 2.61. The number of benzene rings is 1. The first-order valence-corrected chi connectivity index (χ1v) is 11.3. The summed E-state index contributed by atoms with van der Waals surface area (Å²) in [6.45, 7) is 0.956. The second kappa shape index (κ2) is 6.35. The highest BCUT2D eigenvalue weighted by atomic mass is 16.4. The first-order valence-electron chi connectivity index (χ1n) is 11.3. The maximum Gasteiger partial charge on any atom is 0.335 e. The molecule has 29 heavy (non-hydrogen) atoms. The van der Waals surface area contributed by atoms with Crippen LogP contribution in [-0.2, 0) is 11.8 Å². The van der Waals surface area contributed by atoms with Gasteiger partial charge in [0.25, 0.3) is 0 Å². The van der Waals surface area contributed by atoms with Crippen molar-refractivity contribution in [1.82, 2.24) is 9.78 Å². The van der Waals surface area contributed by atoms with Crippen LogP contribution >= 0.6 is 0 Å². The number of fused-ring (bicyclic) bond motifs is 1. The van der Waals surface area contributed by atoms with Gasteiger partial charge < -0.3 is 10.4 Å². The molecule has 4 saturated carbocycles. The van der Waals surface area contributed by atoms with E-state index in [1.807, 2.05) is 16.8 Å². The molecule has 4 bridgehead atoms. The third kappa shape index (κ3) is 2.73. The Bertz CT molecular complexity index is 941. The van der Waals surface area contributed by atoms with E-state index in [1.54, 1.807) is 12.1 Å². The van der Waals surface area contributed by atoms with Gasteiger partial charge in [-0.3, -0.25) is 0 Å². The Hall–Kier alpha value is -2.30. The number of nitrogens with zero attached hydrogens (tertiary/aromatic N) is 2. The predicted octanol–water partition coefficient (Wildman–Crippen LogP) is 4.79. The predicted molar refractivity (Wildman–Crippen MR) is 112 cm³/mol. The first-order chi connectivity index (χ1) is 14.1. The fraction of sp³-hybridized carbons (Fsp3) is 0.583. The van der Waals surface area contributed by atoms with Crippen LogP contribution in [0.2, 0.25) is 0 Å². The Morgan fingerprint density at radius 3 is 2.52 bits per heavy atom. The third-order valence-corrected chi connectivity index (χ3v) is 8.01. The van der Waals surface area contributed by atoms with E-state index in [4.69, 9.17) is 5.10 Å². The van der Waals surface area contributed by atoms with E-state index in [-0.39, 0.29) is 5.41 Å².